The van der Waals surface area contributed by atoms with Gasteiger partial charge in [-0.3, -0.25) is 9.59 Å². The molecule has 6 heteroatoms. The lowest BCUT2D eigenvalue weighted by Gasteiger charge is -2.29. The third-order valence-corrected chi connectivity index (χ3v) is 7.08. The van der Waals surface area contributed by atoms with Crippen LogP contribution in [0.25, 0.3) is 0 Å². The largest absolute Gasteiger partial charge is 0.311 e. The zero-order valence-corrected chi connectivity index (χ0v) is 19.8. The molecule has 1 aliphatic rings. The van der Waals surface area contributed by atoms with Gasteiger partial charge in [0.25, 0.3) is 0 Å². The van der Waals surface area contributed by atoms with Crippen LogP contribution in [0.3, 0.4) is 0 Å². The van der Waals surface area contributed by atoms with Gasteiger partial charge < -0.3 is 4.90 Å². The van der Waals surface area contributed by atoms with Gasteiger partial charge in [-0.05, 0) is 49.1 Å². The number of amides is 1. The van der Waals surface area contributed by atoms with Crippen LogP contribution in [0.5, 0.6) is 0 Å². The second kappa shape index (κ2) is 9.86. The van der Waals surface area contributed by atoms with Gasteiger partial charge in [-0.2, -0.15) is 0 Å². The highest BCUT2D eigenvalue weighted by Gasteiger charge is 2.31. The molecule has 3 nitrogen and oxygen atoms in total. The molecule has 0 radical (unpaired) electrons. The molecule has 0 aliphatic heterocycles. The van der Waals surface area contributed by atoms with E-state index in [1.54, 1.807) is 12.1 Å². The first-order valence-electron chi connectivity index (χ1n) is 10.0. The van der Waals surface area contributed by atoms with Crippen LogP contribution in [0, 0.1) is 17.3 Å². The fraction of sp³-hybridized carbons (Fsp3) is 0.636. The molecule has 0 bridgehead atoms. The third-order valence-electron chi connectivity index (χ3n) is 5.01. The van der Waals surface area contributed by atoms with Crippen LogP contribution >= 0.6 is 35.0 Å². The average Bonchev–Trinajstić information content (AvgIpc) is 3.12. The molecule has 0 spiro atoms. The zero-order valence-electron chi connectivity index (χ0n) is 17.5. The third kappa shape index (κ3) is 6.14. The Labute approximate surface area is 183 Å². The molecule has 1 aromatic carbocycles. The first kappa shape index (κ1) is 23.6. The van der Waals surface area contributed by atoms with Gasteiger partial charge >= 0.3 is 0 Å². The summed E-state index contributed by atoms with van der Waals surface area (Å²) >= 11 is 13.7. The van der Waals surface area contributed by atoms with Crippen molar-refractivity contribution in [3.63, 3.8) is 0 Å². The number of nitrogens with zero attached hydrogens (tertiary/aromatic N) is 1. The standard InChI is InChI=1S/C22H31Cl2NO2S/c1-14(2)10-11-25(20(26)15-8-6-7-9-15)18-12-16(23)17(24)13-19(18)28-21(27)22(3,4)5/h12-15H,6-11H2,1-5H3. The van der Waals surface area contributed by atoms with Crippen LogP contribution in [-0.4, -0.2) is 17.6 Å². The number of thioether (sulfide) groups is 1. The van der Waals surface area contributed by atoms with Crippen molar-refractivity contribution in [2.24, 2.45) is 17.3 Å². The summed E-state index contributed by atoms with van der Waals surface area (Å²) in [6.07, 6.45) is 4.94. The van der Waals surface area contributed by atoms with E-state index in [2.05, 4.69) is 13.8 Å². The van der Waals surface area contributed by atoms with E-state index in [0.717, 1.165) is 43.9 Å². The Morgan fingerprint density at radius 3 is 2.25 bits per heavy atom. The maximum absolute atomic E-state index is 13.3. The molecule has 0 aromatic heterocycles. The summed E-state index contributed by atoms with van der Waals surface area (Å²) in [7, 11) is 0. The lowest BCUT2D eigenvalue weighted by atomic mass is 10.00. The molecule has 1 fully saturated rings. The van der Waals surface area contributed by atoms with Crippen molar-refractivity contribution in [3.05, 3.63) is 22.2 Å². The van der Waals surface area contributed by atoms with Gasteiger partial charge in [-0.25, -0.2) is 0 Å². The van der Waals surface area contributed by atoms with E-state index in [9.17, 15) is 9.59 Å². The number of carbonyl (C=O) groups excluding carboxylic acids is 2. The van der Waals surface area contributed by atoms with Crippen LogP contribution in [0.1, 0.15) is 66.7 Å². The highest BCUT2D eigenvalue weighted by molar-refractivity contribution is 8.13. The lowest BCUT2D eigenvalue weighted by molar-refractivity contribution is -0.122. The van der Waals surface area contributed by atoms with Crippen molar-refractivity contribution in [3.8, 4) is 0 Å². The summed E-state index contributed by atoms with van der Waals surface area (Å²) in [5.41, 5.74) is 0.210. The number of anilines is 1. The van der Waals surface area contributed by atoms with E-state index in [1.165, 1.54) is 0 Å². The van der Waals surface area contributed by atoms with E-state index in [4.69, 9.17) is 23.2 Å². The molecule has 0 unspecified atom stereocenters. The normalized spacial score (nSPS) is 15.3. The Balaban J connectivity index is 2.45. The van der Waals surface area contributed by atoms with Gasteiger partial charge in [0.05, 0.1) is 15.7 Å². The molecule has 0 saturated heterocycles. The highest BCUT2D eigenvalue weighted by Crippen LogP contribution is 2.41. The van der Waals surface area contributed by atoms with Gasteiger partial charge in [0.15, 0.2) is 5.12 Å². The smallest absolute Gasteiger partial charge is 0.230 e. The summed E-state index contributed by atoms with van der Waals surface area (Å²) < 4.78 is 0. The minimum absolute atomic E-state index is 0.0317. The Morgan fingerprint density at radius 2 is 1.71 bits per heavy atom. The summed E-state index contributed by atoms with van der Waals surface area (Å²) in [4.78, 5) is 28.6. The number of hydrogen-bond donors (Lipinski definition) is 0. The van der Waals surface area contributed by atoms with Gasteiger partial charge in [-0.15, -0.1) is 0 Å². The quantitative estimate of drug-likeness (QED) is 0.435. The minimum Gasteiger partial charge on any atom is -0.311 e. The topological polar surface area (TPSA) is 37.4 Å². The van der Waals surface area contributed by atoms with E-state index >= 15 is 0 Å². The molecule has 2 rings (SSSR count). The highest BCUT2D eigenvalue weighted by atomic mass is 35.5. The SMILES string of the molecule is CC(C)CCN(C(=O)C1CCCC1)c1cc(Cl)c(Cl)cc1SC(=O)C(C)(C)C. The second-order valence-electron chi connectivity index (χ2n) is 9.03. The monoisotopic (exact) mass is 443 g/mol. The summed E-state index contributed by atoms with van der Waals surface area (Å²) in [5, 5.41) is 0.828. The lowest BCUT2D eigenvalue weighted by Crippen LogP contribution is -2.37. The first-order valence-corrected chi connectivity index (χ1v) is 11.6. The first-order chi connectivity index (χ1) is 13.0. The molecular weight excluding hydrogens is 413 g/mol. The average molecular weight is 444 g/mol. The van der Waals surface area contributed by atoms with Gasteiger partial charge in [0.2, 0.25) is 5.91 Å². The Hall–Kier alpha value is -0.710. The Morgan fingerprint density at radius 1 is 1.14 bits per heavy atom. The van der Waals surface area contributed by atoms with Gasteiger partial charge in [0, 0.05) is 22.8 Å². The van der Waals surface area contributed by atoms with Gasteiger partial charge in [-0.1, -0.05) is 70.7 Å². The number of rotatable bonds is 6. The minimum atomic E-state index is -0.494. The molecular formula is C22H31Cl2NO2S. The molecule has 0 atom stereocenters. The molecule has 1 aromatic rings. The molecule has 0 N–H and O–H groups in total. The van der Waals surface area contributed by atoms with E-state index in [-0.39, 0.29) is 16.9 Å². The van der Waals surface area contributed by atoms with Crippen molar-refractivity contribution >= 4 is 51.7 Å². The summed E-state index contributed by atoms with van der Waals surface area (Å²) in [5.74, 6) is 0.661. The number of halogens is 2. The van der Waals surface area contributed by atoms with Crippen molar-refractivity contribution in [1.82, 2.24) is 0 Å². The van der Waals surface area contributed by atoms with Crippen molar-refractivity contribution in [2.45, 2.75) is 71.6 Å². The van der Waals surface area contributed by atoms with E-state index < -0.39 is 5.41 Å². The predicted octanol–water partition coefficient (Wildman–Crippen LogP) is 7.23. The Bertz CT molecular complexity index is 722. The van der Waals surface area contributed by atoms with E-state index in [1.807, 2.05) is 25.7 Å². The number of benzene rings is 1. The maximum Gasteiger partial charge on any atom is 0.230 e. The molecule has 28 heavy (non-hydrogen) atoms. The molecule has 1 saturated carbocycles. The van der Waals surface area contributed by atoms with Gasteiger partial charge in [0.1, 0.15) is 0 Å². The van der Waals surface area contributed by atoms with E-state index in [0.29, 0.717) is 33.1 Å². The van der Waals surface area contributed by atoms with Crippen LogP contribution < -0.4 is 4.90 Å². The fourth-order valence-corrected chi connectivity index (χ4v) is 4.54. The van der Waals surface area contributed by atoms with Crippen LogP contribution in [0.4, 0.5) is 5.69 Å². The Kier molecular flexibility index (Phi) is 8.30. The molecule has 1 aliphatic carbocycles. The molecule has 156 valence electrons. The van der Waals surface area contributed by atoms with Crippen LogP contribution in [0.2, 0.25) is 10.0 Å². The second-order valence-corrected chi connectivity index (χ2v) is 10.9. The summed E-state index contributed by atoms with van der Waals surface area (Å²) in [6, 6.07) is 3.47. The number of carbonyl (C=O) groups is 2. The van der Waals surface area contributed by atoms with Crippen molar-refractivity contribution < 1.29 is 9.59 Å². The predicted molar refractivity (Wildman–Crippen MR) is 121 cm³/mol. The molecule has 0 heterocycles. The van der Waals surface area contributed by atoms with Crippen LogP contribution in [-0.2, 0) is 9.59 Å². The van der Waals surface area contributed by atoms with Crippen molar-refractivity contribution in [1.29, 1.82) is 0 Å². The number of hydrogen-bond acceptors (Lipinski definition) is 3. The van der Waals surface area contributed by atoms with Crippen molar-refractivity contribution in [2.75, 3.05) is 11.4 Å². The summed E-state index contributed by atoms with van der Waals surface area (Å²) in [6.45, 7) is 10.6. The zero-order chi connectivity index (χ0) is 21.1. The maximum atomic E-state index is 13.3. The fourth-order valence-electron chi connectivity index (χ4n) is 3.19. The van der Waals surface area contributed by atoms with Crippen LogP contribution in [0.15, 0.2) is 17.0 Å². The molecule has 1 amide bonds.